The number of tetrazole rings is 1. The van der Waals surface area contributed by atoms with Gasteiger partial charge in [-0.2, -0.15) is 4.68 Å². The van der Waals surface area contributed by atoms with Crippen molar-refractivity contribution in [2.45, 2.75) is 6.92 Å². The van der Waals surface area contributed by atoms with Crippen LogP contribution in [0.15, 0.2) is 36.0 Å². The van der Waals surface area contributed by atoms with Gasteiger partial charge in [0.2, 0.25) is 0 Å². The van der Waals surface area contributed by atoms with Crippen LogP contribution in [0.3, 0.4) is 0 Å². The predicted octanol–water partition coefficient (Wildman–Crippen LogP) is 1.74. The van der Waals surface area contributed by atoms with E-state index in [1.807, 2.05) is 0 Å². The molecule has 0 aliphatic rings. The van der Waals surface area contributed by atoms with E-state index in [1.165, 1.54) is 36.1 Å². The molecule has 3 rings (SSSR count). The number of thiophene rings is 1. The van der Waals surface area contributed by atoms with Gasteiger partial charge in [0.15, 0.2) is 6.61 Å². The topological polar surface area (TPSA) is 142 Å². The Morgan fingerprint density at radius 3 is 2.89 bits per heavy atom. The number of ether oxygens (including phenoxy) is 1. The van der Waals surface area contributed by atoms with Crippen LogP contribution in [0.4, 0.5) is 11.4 Å². The Hall–Kier alpha value is -3.67. The number of carbonyl (C=O) groups is 2. The third kappa shape index (κ3) is 3.95. The summed E-state index contributed by atoms with van der Waals surface area (Å²) in [5, 5.41) is 25.8. The monoisotopic (exact) mass is 388 g/mol. The fourth-order valence-corrected chi connectivity index (χ4v) is 3.02. The summed E-state index contributed by atoms with van der Waals surface area (Å²) in [7, 11) is 0. The number of aromatic nitrogens is 4. The summed E-state index contributed by atoms with van der Waals surface area (Å²) >= 11 is 1.12. The van der Waals surface area contributed by atoms with Crippen molar-refractivity contribution in [2.75, 3.05) is 11.9 Å². The zero-order chi connectivity index (χ0) is 19.4. The standard InChI is InChI=1S/C15H12N6O5S/c1-9-10(3-2-4-11(9)21(24)25)17-13(22)7-26-15(23)14-12(5-6-27-14)20-8-16-18-19-20/h2-6,8H,7H2,1H3,(H,17,22). The van der Waals surface area contributed by atoms with Crippen molar-refractivity contribution >= 4 is 34.6 Å². The molecule has 0 fully saturated rings. The van der Waals surface area contributed by atoms with E-state index >= 15 is 0 Å². The molecule has 0 spiro atoms. The number of hydrogen-bond acceptors (Lipinski definition) is 9. The Morgan fingerprint density at radius 2 is 2.19 bits per heavy atom. The fourth-order valence-electron chi connectivity index (χ4n) is 2.25. The molecule has 0 saturated heterocycles. The molecule has 2 aromatic heterocycles. The van der Waals surface area contributed by atoms with Gasteiger partial charge in [-0.3, -0.25) is 14.9 Å². The van der Waals surface area contributed by atoms with Crippen molar-refractivity contribution in [3.05, 3.63) is 56.5 Å². The minimum atomic E-state index is -0.707. The minimum Gasteiger partial charge on any atom is -0.451 e. The smallest absolute Gasteiger partial charge is 0.351 e. The van der Waals surface area contributed by atoms with E-state index in [1.54, 1.807) is 11.4 Å². The van der Waals surface area contributed by atoms with Crippen LogP contribution in [-0.2, 0) is 9.53 Å². The first-order valence-corrected chi connectivity index (χ1v) is 8.37. The Labute approximate surface area is 155 Å². The van der Waals surface area contributed by atoms with Crippen LogP contribution in [-0.4, -0.2) is 43.6 Å². The third-order valence-electron chi connectivity index (χ3n) is 3.54. The average molecular weight is 388 g/mol. The lowest BCUT2D eigenvalue weighted by Crippen LogP contribution is -2.21. The van der Waals surface area contributed by atoms with Crippen LogP contribution in [0.2, 0.25) is 0 Å². The van der Waals surface area contributed by atoms with Crippen LogP contribution in [0, 0.1) is 17.0 Å². The minimum absolute atomic E-state index is 0.116. The lowest BCUT2D eigenvalue weighted by atomic mass is 10.1. The second kappa shape index (κ2) is 7.70. The SMILES string of the molecule is Cc1c(NC(=O)COC(=O)c2sccc2-n2cnnn2)cccc1[N+](=O)[O-]. The van der Waals surface area contributed by atoms with Gasteiger partial charge >= 0.3 is 5.97 Å². The number of esters is 1. The van der Waals surface area contributed by atoms with E-state index in [2.05, 4.69) is 20.8 Å². The van der Waals surface area contributed by atoms with Gasteiger partial charge in [-0.1, -0.05) is 6.07 Å². The molecule has 1 amide bonds. The van der Waals surface area contributed by atoms with Crippen molar-refractivity contribution in [2.24, 2.45) is 0 Å². The van der Waals surface area contributed by atoms with Gasteiger partial charge in [0, 0.05) is 6.07 Å². The van der Waals surface area contributed by atoms with E-state index < -0.39 is 23.4 Å². The van der Waals surface area contributed by atoms with Gasteiger partial charge in [0.25, 0.3) is 11.6 Å². The molecule has 0 saturated carbocycles. The van der Waals surface area contributed by atoms with Crippen LogP contribution >= 0.6 is 11.3 Å². The quantitative estimate of drug-likeness (QED) is 0.382. The van der Waals surface area contributed by atoms with Crippen LogP contribution in [0.5, 0.6) is 0 Å². The van der Waals surface area contributed by atoms with Crippen molar-refractivity contribution < 1.29 is 19.2 Å². The number of hydrogen-bond donors (Lipinski definition) is 1. The number of nitrogens with zero attached hydrogens (tertiary/aromatic N) is 5. The summed E-state index contributed by atoms with van der Waals surface area (Å²) in [6.45, 7) is 0.970. The molecule has 12 heteroatoms. The van der Waals surface area contributed by atoms with Crippen LogP contribution < -0.4 is 5.32 Å². The van der Waals surface area contributed by atoms with Gasteiger partial charge in [-0.15, -0.1) is 16.4 Å². The molecule has 1 aromatic carbocycles. The summed E-state index contributed by atoms with van der Waals surface area (Å²) in [4.78, 5) is 34.9. The number of nitro groups is 1. The molecule has 11 nitrogen and oxygen atoms in total. The van der Waals surface area contributed by atoms with Gasteiger partial charge < -0.3 is 10.1 Å². The number of amides is 1. The second-order valence-electron chi connectivity index (χ2n) is 5.22. The van der Waals surface area contributed by atoms with Crippen molar-refractivity contribution in [1.29, 1.82) is 0 Å². The highest BCUT2D eigenvalue weighted by molar-refractivity contribution is 7.12. The Balaban J connectivity index is 1.64. The molecule has 138 valence electrons. The number of rotatable bonds is 6. The molecule has 1 N–H and O–H groups in total. The number of nitrogens with one attached hydrogen (secondary N) is 1. The molecule has 3 aromatic rings. The molecule has 0 unspecified atom stereocenters. The fraction of sp³-hybridized carbons (Fsp3) is 0.133. The number of benzene rings is 1. The molecule has 0 atom stereocenters. The summed E-state index contributed by atoms with van der Waals surface area (Å²) in [5.41, 5.74) is 0.900. The zero-order valence-electron chi connectivity index (χ0n) is 13.9. The molecule has 0 radical (unpaired) electrons. The van der Waals surface area contributed by atoms with Gasteiger partial charge in [0.05, 0.1) is 21.9 Å². The molecule has 0 aliphatic heterocycles. The number of anilines is 1. The maximum atomic E-state index is 12.2. The summed E-state index contributed by atoms with van der Waals surface area (Å²) in [6.07, 6.45) is 1.33. The molecule has 2 heterocycles. The first-order chi connectivity index (χ1) is 13.0. The summed E-state index contributed by atoms with van der Waals surface area (Å²) in [6, 6.07) is 5.96. The molecular formula is C15H12N6O5S. The van der Waals surface area contributed by atoms with E-state index in [0.29, 0.717) is 11.3 Å². The number of carbonyl (C=O) groups excluding carboxylic acids is 2. The molecule has 0 bridgehead atoms. The highest BCUT2D eigenvalue weighted by Gasteiger charge is 2.19. The predicted molar refractivity (Wildman–Crippen MR) is 93.8 cm³/mol. The van der Waals surface area contributed by atoms with Crippen molar-refractivity contribution in [1.82, 2.24) is 20.2 Å². The molecular weight excluding hydrogens is 376 g/mol. The average Bonchev–Trinajstić information content (AvgIpc) is 3.32. The number of nitro benzene ring substituents is 1. The van der Waals surface area contributed by atoms with E-state index in [9.17, 15) is 19.7 Å². The van der Waals surface area contributed by atoms with E-state index in [0.717, 1.165) is 11.3 Å². The van der Waals surface area contributed by atoms with Crippen LogP contribution in [0.1, 0.15) is 15.2 Å². The second-order valence-corrected chi connectivity index (χ2v) is 6.14. The Kier molecular flexibility index (Phi) is 5.17. The molecule has 27 heavy (non-hydrogen) atoms. The van der Waals surface area contributed by atoms with E-state index in [-0.39, 0.29) is 16.3 Å². The first kappa shape index (κ1) is 18.1. The van der Waals surface area contributed by atoms with Crippen molar-refractivity contribution in [3.63, 3.8) is 0 Å². The normalized spacial score (nSPS) is 10.4. The highest BCUT2D eigenvalue weighted by Crippen LogP contribution is 2.25. The third-order valence-corrected chi connectivity index (χ3v) is 4.42. The maximum Gasteiger partial charge on any atom is 0.351 e. The maximum absolute atomic E-state index is 12.2. The first-order valence-electron chi connectivity index (χ1n) is 7.49. The highest BCUT2D eigenvalue weighted by atomic mass is 32.1. The summed E-state index contributed by atoms with van der Waals surface area (Å²) < 4.78 is 6.33. The van der Waals surface area contributed by atoms with Gasteiger partial charge in [-0.25, -0.2) is 4.79 Å². The lowest BCUT2D eigenvalue weighted by molar-refractivity contribution is -0.385. The van der Waals surface area contributed by atoms with Gasteiger partial charge in [0.1, 0.15) is 11.2 Å². The largest absolute Gasteiger partial charge is 0.451 e. The lowest BCUT2D eigenvalue weighted by Gasteiger charge is -2.09. The van der Waals surface area contributed by atoms with E-state index in [4.69, 9.17) is 4.74 Å². The van der Waals surface area contributed by atoms with Gasteiger partial charge in [-0.05, 0) is 34.9 Å². The summed E-state index contributed by atoms with van der Waals surface area (Å²) in [5.74, 6) is -1.33. The Bertz CT molecular complexity index is 1000. The van der Waals surface area contributed by atoms with Crippen LogP contribution in [0.25, 0.3) is 5.69 Å². The zero-order valence-corrected chi connectivity index (χ0v) is 14.7. The van der Waals surface area contributed by atoms with Crippen molar-refractivity contribution in [3.8, 4) is 5.69 Å². The molecule has 0 aliphatic carbocycles. The Morgan fingerprint density at radius 1 is 1.37 bits per heavy atom.